The molecular weight excluding hydrogens is 444 g/mol. The Bertz CT molecular complexity index is 1460. The third kappa shape index (κ3) is 4.39. The van der Waals surface area contributed by atoms with Crippen molar-refractivity contribution in [2.75, 3.05) is 0 Å². The molecule has 0 aliphatic carbocycles. The zero-order valence-corrected chi connectivity index (χ0v) is 19.7. The Kier molecular flexibility index (Phi) is 6.29. The quantitative estimate of drug-likeness (QED) is 0.351. The van der Waals surface area contributed by atoms with Crippen molar-refractivity contribution in [2.24, 2.45) is 0 Å². The van der Waals surface area contributed by atoms with Crippen LogP contribution in [0.3, 0.4) is 0 Å². The van der Waals surface area contributed by atoms with Crippen molar-refractivity contribution in [1.82, 2.24) is 49.5 Å². The summed E-state index contributed by atoms with van der Waals surface area (Å²) >= 11 is 0. The van der Waals surface area contributed by atoms with Gasteiger partial charge in [-0.25, -0.2) is 9.36 Å². The minimum atomic E-state index is -0.138. The standard InChI is InChI=1S/C24H26N10O/c1-3-5-6-20-15-34(23-29-26-16-32(23)4-2)24(35)33(20)14-19-13-25-12-11-21(19)17-7-9-18(10-8-17)22-27-30-31-28-22/h7-13,15-16H,3-6,14H2,1-2H3,(H,27,28,30,31). The van der Waals surface area contributed by atoms with Crippen molar-refractivity contribution in [3.63, 3.8) is 0 Å². The summed E-state index contributed by atoms with van der Waals surface area (Å²) in [6.45, 7) is 5.22. The first-order valence-corrected chi connectivity index (χ1v) is 11.7. The molecule has 4 heterocycles. The smallest absolute Gasteiger partial charge is 0.299 e. The van der Waals surface area contributed by atoms with Gasteiger partial charge in [-0.3, -0.25) is 14.1 Å². The Morgan fingerprint density at radius 3 is 2.60 bits per heavy atom. The molecule has 0 atom stereocenters. The van der Waals surface area contributed by atoms with Gasteiger partial charge < -0.3 is 0 Å². The minimum absolute atomic E-state index is 0.138. The second-order valence-corrected chi connectivity index (χ2v) is 8.23. The van der Waals surface area contributed by atoms with Crippen LogP contribution in [-0.4, -0.2) is 49.5 Å². The number of tetrazole rings is 1. The molecule has 0 unspecified atom stereocenters. The number of nitrogens with one attached hydrogen (secondary N) is 1. The van der Waals surface area contributed by atoms with E-state index in [4.69, 9.17) is 0 Å². The highest BCUT2D eigenvalue weighted by molar-refractivity contribution is 5.69. The van der Waals surface area contributed by atoms with E-state index in [-0.39, 0.29) is 5.69 Å². The highest BCUT2D eigenvalue weighted by Gasteiger charge is 2.18. The summed E-state index contributed by atoms with van der Waals surface area (Å²) in [5, 5.41) is 22.3. The minimum Gasteiger partial charge on any atom is -0.299 e. The van der Waals surface area contributed by atoms with E-state index in [1.54, 1.807) is 17.1 Å². The van der Waals surface area contributed by atoms with E-state index in [0.29, 0.717) is 24.9 Å². The largest absolute Gasteiger partial charge is 0.335 e. The molecule has 0 spiro atoms. The van der Waals surface area contributed by atoms with Crippen molar-refractivity contribution in [2.45, 2.75) is 46.2 Å². The Balaban J connectivity index is 1.53. The van der Waals surface area contributed by atoms with Crippen LogP contribution in [0.4, 0.5) is 0 Å². The number of hydrogen-bond acceptors (Lipinski definition) is 7. The van der Waals surface area contributed by atoms with Crippen LogP contribution >= 0.6 is 0 Å². The van der Waals surface area contributed by atoms with E-state index in [9.17, 15) is 4.79 Å². The maximum atomic E-state index is 13.5. The molecule has 0 saturated carbocycles. The second kappa shape index (κ2) is 9.84. The molecule has 0 amide bonds. The van der Waals surface area contributed by atoms with E-state index >= 15 is 0 Å². The summed E-state index contributed by atoms with van der Waals surface area (Å²) in [5.41, 5.74) is 4.67. The van der Waals surface area contributed by atoms with E-state index in [2.05, 4.69) is 42.7 Å². The summed E-state index contributed by atoms with van der Waals surface area (Å²) in [6.07, 6.45) is 9.95. The zero-order chi connectivity index (χ0) is 24.2. The number of hydrogen-bond donors (Lipinski definition) is 1. The normalized spacial score (nSPS) is 11.3. The first kappa shape index (κ1) is 22.4. The number of aromatic amines is 1. The van der Waals surface area contributed by atoms with Crippen LogP contribution in [0.5, 0.6) is 0 Å². The first-order valence-electron chi connectivity index (χ1n) is 11.7. The van der Waals surface area contributed by atoms with Gasteiger partial charge in [-0.1, -0.05) is 37.6 Å². The number of pyridine rings is 1. The van der Waals surface area contributed by atoms with E-state index in [1.807, 2.05) is 58.8 Å². The lowest BCUT2D eigenvalue weighted by Crippen LogP contribution is -2.26. The van der Waals surface area contributed by atoms with Crippen LogP contribution in [0.2, 0.25) is 0 Å². The highest BCUT2D eigenvalue weighted by Crippen LogP contribution is 2.26. The van der Waals surface area contributed by atoms with Gasteiger partial charge in [-0.15, -0.1) is 20.4 Å². The molecule has 0 aliphatic rings. The molecule has 0 saturated heterocycles. The van der Waals surface area contributed by atoms with Gasteiger partial charge in [0, 0.05) is 36.4 Å². The number of unbranched alkanes of at least 4 members (excludes halogenated alkanes) is 1. The molecule has 11 heteroatoms. The fourth-order valence-corrected chi connectivity index (χ4v) is 4.14. The fourth-order valence-electron chi connectivity index (χ4n) is 4.14. The number of H-pyrrole nitrogens is 1. The molecule has 1 N–H and O–H groups in total. The molecule has 0 fully saturated rings. The molecule has 0 bridgehead atoms. The fraction of sp³-hybridized carbons (Fsp3) is 0.292. The molecule has 178 valence electrons. The molecule has 5 rings (SSSR count). The van der Waals surface area contributed by atoms with Gasteiger partial charge in [0.2, 0.25) is 11.8 Å². The zero-order valence-electron chi connectivity index (χ0n) is 19.7. The maximum Gasteiger partial charge on any atom is 0.335 e. The monoisotopic (exact) mass is 470 g/mol. The van der Waals surface area contributed by atoms with E-state index in [1.165, 1.54) is 0 Å². The third-order valence-corrected chi connectivity index (χ3v) is 6.03. The summed E-state index contributed by atoms with van der Waals surface area (Å²) in [7, 11) is 0. The number of aryl methyl sites for hydroxylation is 2. The molecule has 1 aromatic carbocycles. The number of aromatic nitrogens is 10. The van der Waals surface area contributed by atoms with Gasteiger partial charge in [-0.05, 0) is 47.7 Å². The second-order valence-electron chi connectivity index (χ2n) is 8.23. The van der Waals surface area contributed by atoms with Crippen molar-refractivity contribution in [3.05, 3.63) is 77.0 Å². The molecule has 35 heavy (non-hydrogen) atoms. The van der Waals surface area contributed by atoms with Gasteiger partial charge in [0.15, 0.2) is 0 Å². The van der Waals surface area contributed by atoms with Crippen LogP contribution in [0.1, 0.15) is 37.9 Å². The van der Waals surface area contributed by atoms with Crippen LogP contribution in [0.25, 0.3) is 28.5 Å². The lowest BCUT2D eigenvalue weighted by Gasteiger charge is -2.12. The summed E-state index contributed by atoms with van der Waals surface area (Å²) in [5.74, 6) is 1.07. The SMILES string of the molecule is CCCCc1cn(-c2nncn2CC)c(=O)n1Cc1cnccc1-c1ccc(-c2nn[nH]n2)cc1. The van der Waals surface area contributed by atoms with E-state index < -0.39 is 0 Å². The molecular formula is C24H26N10O. The Morgan fingerprint density at radius 1 is 1.03 bits per heavy atom. The lowest BCUT2D eigenvalue weighted by molar-refractivity contribution is 0.660. The summed E-state index contributed by atoms with van der Waals surface area (Å²) in [4.78, 5) is 17.9. The first-order chi connectivity index (χ1) is 17.2. The van der Waals surface area contributed by atoms with Crippen LogP contribution < -0.4 is 5.69 Å². The van der Waals surface area contributed by atoms with Gasteiger partial charge in [-0.2, -0.15) is 5.21 Å². The van der Waals surface area contributed by atoms with Crippen molar-refractivity contribution in [3.8, 4) is 28.5 Å². The van der Waals surface area contributed by atoms with Crippen molar-refractivity contribution in [1.29, 1.82) is 0 Å². The summed E-state index contributed by atoms with van der Waals surface area (Å²) < 4.78 is 5.27. The van der Waals surface area contributed by atoms with Crippen LogP contribution in [0.15, 0.2) is 60.0 Å². The molecule has 0 aliphatic heterocycles. The molecule has 11 nitrogen and oxygen atoms in total. The summed E-state index contributed by atoms with van der Waals surface area (Å²) in [6, 6.07) is 9.91. The topological polar surface area (TPSA) is 125 Å². The Labute approximate surface area is 201 Å². The maximum absolute atomic E-state index is 13.5. The number of rotatable bonds is 9. The number of nitrogens with zero attached hydrogens (tertiary/aromatic N) is 9. The average Bonchev–Trinajstić information content (AvgIpc) is 3.65. The molecule has 4 aromatic heterocycles. The van der Waals surface area contributed by atoms with Gasteiger partial charge in [0.25, 0.3) is 0 Å². The van der Waals surface area contributed by atoms with Crippen LogP contribution in [-0.2, 0) is 19.5 Å². The van der Waals surface area contributed by atoms with Crippen molar-refractivity contribution < 1.29 is 0 Å². The number of benzene rings is 1. The average molecular weight is 471 g/mol. The lowest BCUT2D eigenvalue weighted by atomic mass is 10.00. The van der Waals surface area contributed by atoms with Gasteiger partial charge >= 0.3 is 5.69 Å². The Morgan fingerprint density at radius 2 is 1.86 bits per heavy atom. The van der Waals surface area contributed by atoms with Gasteiger partial charge in [0.05, 0.1) is 6.54 Å². The predicted octanol–water partition coefficient (Wildman–Crippen LogP) is 2.88. The molecule has 5 aromatic rings. The predicted molar refractivity (Wildman–Crippen MR) is 130 cm³/mol. The third-order valence-electron chi connectivity index (χ3n) is 6.03. The molecule has 0 radical (unpaired) electrons. The van der Waals surface area contributed by atoms with Crippen molar-refractivity contribution >= 4 is 0 Å². The number of imidazole rings is 1. The van der Waals surface area contributed by atoms with E-state index in [0.717, 1.165) is 47.2 Å². The van der Waals surface area contributed by atoms with Crippen LogP contribution in [0, 0.1) is 0 Å². The highest BCUT2D eigenvalue weighted by atomic mass is 16.2. The van der Waals surface area contributed by atoms with Gasteiger partial charge in [0.1, 0.15) is 6.33 Å². The Hall–Kier alpha value is -4.41.